The molecule has 0 fully saturated rings. The molecule has 3 atom stereocenters. The van der Waals surface area contributed by atoms with Crippen molar-refractivity contribution in [2.75, 3.05) is 5.32 Å². The Balaban J connectivity index is 1.84. The molecule has 2 aromatic rings. The summed E-state index contributed by atoms with van der Waals surface area (Å²) in [6, 6.07) is 8.21. The maximum atomic E-state index is 6.44. The molecule has 0 amide bonds. The monoisotopic (exact) mass is 316 g/mol. The lowest BCUT2D eigenvalue weighted by molar-refractivity contribution is 0.425. The van der Waals surface area contributed by atoms with Crippen molar-refractivity contribution >= 4 is 28.9 Å². The minimum Gasteiger partial charge on any atom is -0.378 e. The number of benzene rings is 1. The number of allylic oxidation sites excluding steroid dienone is 2. The fourth-order valence-electron chi connectivity index (χ4n) is 3.54. The molecular formula is C17H14Cl2N2. The van der Waals surface area contributed by atoms with Crippen LogP contribution in [-0.2, 0) is 0 Å². The predicted octanol–water partition coefficient (Wildman–Crippen LogP) is 5.21. The Hall–Kier alpha value is -1.51. The van der Waals surface area contributed by atoms with Gasteiger partial charge in [0.15, 0.2) is 0 Å². The normalized spacial score (nSPS) is 26.1. The number of pyridine rings is 1. The summed E-state index contributed by atoms with van der Waals surface area (Å²) < 4.78 is 0. The van der Waals surface area contributed by atoms with Gasteiger partial charge in [0.1, 0.15) is 0 Å². The lowest BCUT2D eigenvalue weighted by Crippen LogP contribution is -2.29. The van der Waals surface area contributed by atoms with Gasteiger partial charge in [-0.25, -0.2) is 0 Å². The first kappa shape index (κ1) is 13.2. The summed E-state index contributed by atoms with van der Waals surface area (Å²) in [5, 5.41) is 5.05. The molecule has 4 rings (SSSR count). The Morgan fingerprint density at radius 1 is 1.14 bits per heavy atom. The van der Waals surface area contributed by atoms with E-state index < -0.39 is 0 Å². The first-order valence-corrected chi connectivity index (χ1v) is 7.81. The van der Waals surface area contributed by atoms with Crippen molar-refractivity contribution in [2.45, 2.75) is 18.4 Å². The summed E-state index contributed by atoms with van der Waals surface area (Å²) in [7, 11) is 0. The quantitative estimate of drug-likeness (QED) is 0.730. The SMILES string of the molecule is Clc1cc(Cl)c2c(c1)NC(c1ccncc1)C1CC=CC21. The first-order chi connectivity index (χ1) is 10.2. The number of anilines is 1. The van der Waals surface area contributed by atoms with E-state index >= 15 is 0 Å². The molecule has 1 aromatic heterocycles. The summed E-state index contributed by atoms with van der Waals surface area (Å²) in [4.78, 5) is 4.11. The number of nitrogens with zero attached hydrogens (tertiary/aromatic N) is 1. The highest BCUT2D eigenvalue weighted by molar-refractivity contribution is 6.35. The van der Waals surface area contributed by atoms with E-state index in [0.717, 1.165) is 17.1 Å². The van der Waals surface area contributed by atoms with E-state index in [1.807, 2.05) is 24.5 Å². The van der Waals surface area contributed by atoms with Crippen LogP contribution in [0.1, 0.15) is 29.5 Å². The topological polar surface area (TPSA) is 24.9 Å². The molecule has 2 nitrogen and oxygen atoms in total. The second-order valence-corrected chi connectivity index (χ2v) is 6.45. The third-order valence-electron chi connectivity index (χ3n) is 4.44. The van der Waals surface area contributed by atoms with Crippen LogP contribution >= 0.6 is 23.2 Å². The minimum absolute atomic E-state index is 0.259. The molecule has 1 N–H and O–H groups in total. The number of fused-ring (bicyclic) bond motifs is 3. The molecule has 1 aromatic carbocycles. The molecule has 2 aliphatic rings. The molecule has 1 aliphatic carbocycles. The van der Waals surface area contributed by atoms with Crippen LogP contribution in [0.15, 0.2) is 48.8 Å². The Bertz CT molecular complexity index is 712. The maximum absolute atomic E-state index is 6.44. The fourth-order valence-corrected chi connectivity index (χ4v) is 4.16. The Kier molecular flexibility index (Phi) is 3.16. The Morgan fingerprint density at radius 3 is 2.76 bits per heavy atom. The average Bonchev–Trinajstić information content (AvgIpc) is 2.95. The van der Waals surface area contributed by atoms with E-state index in [9.17, 15) is 0 Å². The van der Waals surface area contributed by atoms with Gasteiger partial charge in [-0.15, -0.1) is 0 Å². The van der Waals surface area contributed by atoms with Gasteiger partial charge in [0.25, 0.3) is 0 Å². The van der Waals surface area contributed by atoms with Crippen molar-refractivity contribution in [1.82, 2.24) is 4.98 Å². The van der Waals surface area contributed by atoms with Gasteiger partial charge in [0.2, 0.25) is 0 Å². The van der Waals surface area contributed by atoms with Crippen LogP contribution in [0.3, 0.4) is 0 Å². The van der Waals surface area contributed by atoms with Crippen LogP contribution in [0.5, 0.6) is 0 Å². The summed E-state index contributed by atoms with van der Waals surface area (Å²) in [6.07, 6.45) is 9.27. The van der Waals surface area contributed by atoms with Crippen LogP contribution < -0.4 is 5.32 Å². The van der Waals surface area contributed by atoms with Gasteiger partial charge in [-0.2, -0.15) is 0 Å². The van der Waals surface area contributed by atoms with Crippen molar-refractivity contribution in [1.29, 1.82) is 0 Å². The molecule has 0 bridgehead atoms. The molecule has 0 spiro atoms. The van der Waals surface area contributed by atoms with Gasteiger partial charge in [-0.3, -0.25) is 4.98 Å². The molecule has 4 heteroatoms. The highest BCUT2D eigenvalue weighted by atomic mass is 35.5. The minimum atomic E-state index is 0.259. The van der Waals surface area contributed by atoms with Crippen LogP contribution in [0, 0.1) is 5.92 Å². The zero-order valence-electron chi connectivity index (χ0n) is 11.3. The molecule has 0 radical (unpaired) electrons. The zero-order valence-corrected chi connectivity index (χ0v) is 12.8. The second kappa shape index (κ2) is 5.04. The molecular weight excluding hydrogens is 303 g/mol. The van der Waals surface area contributed by atoms with Crippen molar-refractivity contribution in [2.24, 2.45) is 5.92 Å². The van der Waals surface area contributed by atoms with Gasteiger partial charge in [0.05, 0.1) is 6.04 Å². The number of halogens is 2. The maximum Gasteiger partial charge on any atom is 0.0555 e. The van der Waals surface area contributed by atoms with Gasteiger partial charge in [-0.1, -0.05) is 35.4 Å². The van der Waals surface area contributed by atoms with Gasteiger partial charge < -0.3 is 5.32 Å². The molecule has 3 unspecified atom stereocenters. The van der Waals surface area contributed by atoms with Gasteiger partial charge >= 0.3 is 0 Å². The van der Waals surface area contributed by atoms with Crippen molar-refractivity contribution in [3.8, 4) is 0 Å². The lowest BCUT2D eigenvalue weighted by Gasteiger charge is -2.38. The summed E-state index contributed by atoms with van der Waals surface area (Å²) in [5.41, 5.74) is 3.47. The number of hydrogen-bond donors (Lipinski definition) is 1. The number of aromatic nitrogens is 1. The van der Waals surface area contributed by atoms with E-state index in [4.69, 9.17) is 23.2 Å². The van der Waals surface area contributed by atoms with Gasteiger partial charge in [-0.05, 0) is 42.2 Å². The van der Waals surface area contributed by atoms with E-state index in [-0.39, 0.29) is 6.04 Å². The third-order valence-corrected chi connectivity index (χ3v) is 4.98. The predicted molar refractivity (Wildman–Crippen MR) is 87.1 cm³/mol. The van der Waals surface area contributed by atoms with Crippen LogP contribution in [0.2, 0.25) is 10.0 Å². The molecule has 21 heavy (non-hydrogen) atoms. The molecule has 106 valence electrons. The average molecular weight is 317 g/mol. The van der Waals surface area contributed by atoms with E-state index in [2.05, 4.69) is 34.6 Å². The van der Waals surface area contributed by atoms with E-state index in [1.165, 1.54) is 11.1 Å². The lowest BCUT2D eigenvalue weighted by atomic mass is 9.77. The molecule has 2 heterocycles. The van der Waals surface area contributed by atoms with Gasteiger partial charge in [0, 0.05) is 39.6 Å². The Labute approximate surface area is 133 Å². The number of hydrogen-bond acceptors (Lipinski definition) is 2. The number of rotatable bonds is 1. The molecule has 0 saturated heterocycles. The number of nitrogens with one attached hydrogen (secondary N) is 1. The Morgan fingerprint density at radius 2 is 1.95 bits per heavy atom. The van der Waals surface area contributed by atoms with Crippen molar-refractivity contribution < 1.29 is 0 Å². The van der Waals surface area contributed by atoms with Crippen LogP contribution in [0.4, 0.5) is 5.69 Å². The van der Waals surface area contributed by atoms with Crippen LogP contribution in [0.25, 0.3) is 0 Å². The highest BCUT2D eigenvalue weighted by Gasteiger charge is 2.39. The fraction of sp³-hybridized carbons (Fsp3) is 0.235. The highest BCUT2D eigenvalue weighted by Crippen LogP contribution is 2.52. The first-order valence-electron chi connectivity index (χ1n) is 7.06. The molecule has 0 saturated carbocycles. The van der Waals surface area contributed by atoms with Crippen molar-refractivity contribution in [3.05, 3.63) is 70.0 Å². The van der Waals surface area contributed by atoms with Crippen LogP contribution in [-0.4, -0.2) is 4.98 Å². The zero-order chi connectivity index (χ0) is 14.4. The molecule has 1 aliphatic heterocycles. The van der Waals surface area contributed by atoms with E-state index in [0.29, 0.717) is 16.9 Å². The third kappa shape index (κ3) is 2.14. The largest absolute Gasteiger partial charge is 0.378 e. The van der Waals surface area contributed by atoms with E-state index in [1.54, 1.807) is 0 Å². The second-order valence-electron chi connectivity index (χ2n) is 5.60. The summed E-state index contributed by atoms with van der Waals surface area (Å²) >= 11 is 12.6. The summed E-state index contributed by atoms with van der Waals surface area (Å²) in [5.74, 6) is 0.836. The summed E-state index contributed by atoms with van der Waals surface area (Å²) in [6.45, 7) is 0. The van der Waals surface area contributed by atoms with Crippen molar-refractivity contribution in [3.63, 3.8) is 0 Å². The smallest absolute Gasteiger partial charge is 0.0555 e. The standard InChI is InChI=1S/C17H14Cl2N2/c18-11-8-14(19)16-12-2-1-3-13(12)17(21-15(16)9-11)10-4-6-20-7-5-10/h1-2,4-9,12-13,17,21H,3H2.